The van der Waals surface area contributed by atoms with Crippen LogP contribution in [-0.4, -0.2) is 35.6 Å². The van der Waals surface area contributed by atoms with Gasteiger partial charge >= 0.3 is 0 Å². The Bertz CT molecular complexity index is 1030. The summed E-state index contributed by atoms with van der Waals surface area (Å²) in [6, 6.07) is 13.4. The Morgan fingerprint density at radius 3 is 2.72 bits per heavy atom. The van der Waals surface area contributed by atoms with Gasteiger partial charge in [0.05, 0.1) is 11.5 Å². The molecule has 1 spiro atoms. The summed E-state index contributed by atoms with van der Waals surface area (Å²) in [5.41, 5.74) is 2.07. The Labute approximate surface area is 188 Å². The molecule has 2 heterocycles. The van der Waals surface area contributed by atoms with Gasteiger partial charge in [-0.05, 0) is 48.6 Å². The highest BCUT2D eigenvalue weighted by Gasteiger charge is 2.55. The first-order chi connectivity index (χ1) is 15.6. The summed E-state index contributed by atoms with van der Waals surface area (Å²) in [6.07, 6.45) is 5.80. The number of nitrogens with one attached hydrogen (secondary N) is 1. The van der Waals surface area contributed by atoms with E-state index >= 15 is 0 Å². The minimum absolute atomic E-state index is 0.00832. The van der Waals surface area contributed by atoms with Crippen molar-refractivity contribution in [1.82, 2.24) is 10.2 Å². The molecule has 2 aliphatic heterocycles. The fraction of sp³-hybridized carbons (Fsp3) is 0.462. The lowest BCUT2D eigenvalue weighted by Crippen LogP contribution is -2.60. The molecule has 1 aliphatic carbocycles. The number of unbranched alkanes of at least 4 members (excludes halogenated alkanes) is 1. The van der Waals surface area contributed by atoms with Gasteiger partial charge in [-0.25, -0.2) is 0 Å². The van der Waals surface area contributed by atoms with Crippen molar-refractivity contribution in [1.29, 1.82) is 0 Å². The summed E-state index contributed by atoms with van der Waals surface area (Å²) < 4.78 is 10.9. The predicted octanol–water partition coefficient (Wildman–Crippen LogP) is 4.38. The van der Waals surface area contributed by atoms with Gasteiger partial charge in [-0.15, -0.1) is 0 Å². The van der Waals surface area contributed by atoms with Crippen LogP contribution in [0.25, 0.3) is 0 Å². The molecule has 0 radical (unpaired) electrons. The van der Waals surface area contributed by atoms with Crippen molar-refractivity contribution in [3.63, 3.8) is 0 Å². The number of nitrogens with zero attached hydrogens (tertiary/aromatic N) is 1. The van der Waals surface area contributed by atoms with Gasteiger partial charge in [0.2, 0.25) is 12.7 Å². The van der Waals surface area contributed by atoms with Crippen molar-refractivity contribution >= 4 is 11.8 Å². The minimum Gasteiger partial charge on any atom is -0.454 e. The molecule has 32 heavy (non-hydrogen) atoms. The van der Waals surface area contributed by atoms with Gasteiger partial charge in [-0.3, -0.25) is 9.59 Å². The van der Waals surface area contributed by atoms with E-state index in [2.05, 4.69) is 12.2 Å². The van der Waals surface area contributed by atoms with Crippen LogP contribution in [0, 0.1) is 0 Å². The molecule has 0 unspecified atom stereocenters. The van der Waals surface area contributed by atoms with Gasteiger partial charge in [0.25, 0.3) is 5.91 Å². The van der Waals surface area contributed by atoms with Crippen molar-refractivity contribution in [2.24, 2.45) is 0 Å². The monoisotopic (exact) mass is 434 g/mol. The SMILES string of the molecule is CCCCN1C(=O)c2ccccc2[C@@H](C(=O)NCc2ccc3c(c2)OCO3)C12CCCC2. The first-order valence-corrected chi connectivity index (χ1v) is 11.7. The second-order valence-corrected chi connectivity index (χ2v) is 9.05. The molecule has 2 aromatic rings. The third-order valence-corrected chi connectivity index (χ3v) is 7.19. The molecular weight excluding hydrogens is 404 g/mol. The van der Waals surface area contributed by atoms with E-state index in [4.69, 9.17) is 9.47 Å². The molecule has 1 atom stereocenters. The van der Waals surface area contributed by atoms with Crippen molar-refractivity contribution in [3.8, 4) is 11.5 Å². The maximum atomic E-state index is 13.8. The van der Waals surface area contributed by atoms with Gasteiger partial charge in [0.15, 0.2) is 11.5 Å². The third-order valence-electron chi connectivity index (χ3n) is 7.19. The first-order valence-electron chi connectivity index (χ1n) is 11.7. The van der Waals surface area contributed by atoms with Gasteiger partial charge in [-0.1, -0.05) is 50.5 Å². The predicted molar refractivity (Wildman–Crippen MR) is 121 cm³/mol. The van der Waals surface area contributed by atoms with E-state index in [1.807, 2.05) is 47.4 Å². The number of fused-ring (bicyclic) bond motifs is 2. The van der Waals surface area contributed by atoms with Crippen LogP contribution in [0.4, 0.5) is 0 Å². The van der Waals surface area contributed by atoms with Crippen LogP contribution in [0.1, 0.15) is 72.9 Å². The highest BCUT2D eigenvalue weighted by molar-refractivity contribution is 6.02. The molecule has 1 N–H and O–H groups in total. The summed E-state index contributed by atoms with van der Waals surface area (Å²) in [7, 11) is 0. The molecule has 0 saturated heterocycles. The number of amides is 2. The van der Waals surface area contributed by atoms with E-state index in [9.17, 15) is 9.59 Å². The van der Waals surface area contributed by atoms with Crippen LogP contribution < -0.4 is 14.8 Å². The summed E-state index contributed by atoms with van der Waals surface area (Å²) in [5.74, 6) is 1.16. The van der Waals surface area contributed by atoms with E-state index in [1.165, 1.54) is 0 Å². The van der Waals surface area contributed by atoms with Crippen molar-refractivity contribution in [3.05, 3.63) is 59.2 Å². The molecule has 3 aliphatic rings. The first kappa shape index (κ1) is 20.9. The average Bonchev–Trinajstić information content (AvgIpc) is 3.48. The molecule has 168 valence electrons. The normalized spacial score (nSPS) is 20.5. The van der Waals surface area contributed by atoms with Crippen LogP contribution in [0.3, 0.4) is 0 Å². The van der Waals surface area contributed by atoms with Crippen molar-refractivity contribution in [2.45, 2.75) is 63.5 Å². The van der Waals surface area contributed by atoms with Crippen molar-refractivity contribution < 1.29 is 19.1 Å². The molecule has 1 fully saturated rings. The summed E-state index contributed by atoms with van der Waals surface area (Å²) >= 11 is 0. The zero-order valence-corrected chi connectivity index (χ0v) is 18.6. The number of hydrogen-bond acceptors (Lipinski definition) is 4. The summed E-state index contributed by atoms with van der Waals surface area (Å²) in [6.45, 7) is 3.48. The smallest absolute Gasteiger partial charge is 0.254 e. The van der Waals surface area contributed by atoms with E-state index in [0.29, 0.717) is 24.4 Å². The average molecular weight is 435 g/mol. The Kier molecular flexibility index (Phi) is 5.53. The minimum atomic E-state index is -0.431. The van der Waals surface area contributed by atoms with Crippen LogP contribution in [0.15, 0.2) is 42.5 Å². The maximum Gasteiger partial charge on any atom is 0.254 e. The van der Waals surface area contributed by atoms with Crippen LogP contribution in [0.2, 0.25) is 0 Å². The van der Waals surface area contributed by atoms with E-state index in [1.54, 1.807) is 0 Å². The number of carbonyl (C=O) groups excluding carboxylic acids is 2. The molecule has 6 heteroatoms. The molecule has 2 amide bonds. The van der Waals surface area contributed by atoms with Gasteiger partial charge in [-0.2, -0.15) is 0 Å². The van der Waals surface area contributed by atoms with E-state index < -0.39 is 5.54 Å². The summed E-state index contributed by atoms with van der Waals surface area (Å²) in [4.78, 5) is 29.3. The second kappa shape index (κ2) is 8.49. The Balaban J connectivity index is 1.46. The largest absolute Gasteiger partial charge is 0.454 e. The number of rotatable bonds is 6. The molecule has 5 rings (SSSR count). The zero-order valence-electron chi connectivity index (χ0n) is 18.6. The lowest BCUT2D eigenvalue weighted by atomic mass is 9.71. The number of benzene rings is 2. The fourth-order valence-electron chi connectivity index (χ4n) is 5.65. The lowest BCUT2D eigenvalue weighted by Gasteiger charge is -2.50. The molecule has 1 saturated carbocycles. The lowest BCUT2D eigenvalue weighted by molar-refractivity contribution is -0.126. The van der Waals surface area contributed by atoms with Crippen LogP contribution in [-0.2, 0) is 11.3 Å². The quantitative estimate of drug-likeness (QED) is 0.733. The van der Waals surface area contributed by atoms with Gasteiger partial charge in [0, 0.05) is 18.7 Å². The fourth-order valence-corrected chi connectivity index (χ4v) is 5.65. The zero-order chi connectivity index (χ0) is 22.1. The van der Waals surface area contributed by atoms with Crippen molar-refractivity contribution in [2.75, 3.05) is 13.3 Å². The Hall–Kier alpha value is -3.02. The van der Waals surface area contributed by atoms with Crippen LogP contribution >= 0.6 is 0 Å². The van der Waals surface area contributed by atoms with Crippen LogP contribution in [0.5, 0.6) is 11.5 Å². The van der Waals surface area contributed by atoms with Gasteiger partial charge < -0.3 is 19.7 Å². The molecule has 2 aromatic carbocycles. The number of hydrogen-bond donors (Lipinski definition) is 1. The Morgan fingerprint density at radius 1 is 1.12 bits per heavy atom. The molecule has 0 bridgehead atoms. The Morgan fingerprint density at radius 2 is 1.91 bits per heavy atom. The standard InChI is InChI=1S/C26H30N2O4/c1-2-3-14-28-25(30)20-9-5-4-8-19(20)23(26(28)12-6-7-13-26)24(29)27-16-18-10-11-21-22(15-18)32-17-31-21/h4-5,8-11,15,23H,2-3,6-7,12-14,16-17H2,1H3,(H,27,29)/t23-/m0/s1. The second-order valence-electron chi connectivity index (χ2n) is 9.05. The maximum absolute atomic E-state index is 13.8. The summed E-state index contributed by atoms with van der Waals surface area (Å²) in [5, 5.41) is 3.17. The molecule has 0 aromatic heterocycles. The van der Waals surface area contributed by atoms with Gasteiger partial charge in [0.1, 0.15) is 0 Å². The van der Waals surface area contributed by atoms with E-state index in [0.717, 1.165) is 55.4 Å². The third kappa shape index (κ3) is 3.42. The highest BCUT2D eigenvalue weighted by atomic mass is 16.7. The molecular formula is C26H30N2O4. The number of carbonyl (C=O) groups is 2. The number of ether oxygens (including phenoxy) is 2. The molecule has 6 nitrogen and oxygen atoms in total. The van der Waals surface area contributed by atoms with E-state index in [-0.39, 0.29) is 24.5 Å². The highest BCUT2D eigenvalue weighted by Crippen LogP contribution is 2.50. The topological polar surface area (TPSA) is 67.9 Å².